The Hall–Kier alpha value is -1.86. The van der Waals surface area contributed by atoms with Crippen molar-refractivity contribution in [2.75, 3.05) is 38.5 Å². The fraction of sp³-hybridized carbons (Fsp3) is 0.682. The standard InChI is InChI=1S/C22H29F6N3O3S/c1-2-35(33,34)31-11-9-30(10-12-31)20(5-7-21(24,25)8-6-20)15-29-19(32)17-4-3-16(14-23)13-18(17)22(26,27)28/h3-4,13H,2,5-12,14-15H2,1H3,(H,29,32). The second-order valence-electron chi connectivity index (χ2n) is 9.06. The van der Waals surface area contributed by atoms with Crippen molar-refractivity contribution in [3.05, 3.63) is 34.9 Å². The molecule has 1 heterocycles. The van der Waals surface area contributed by atoms with E-state index in [4.69, 9.17) is 0 Å². The first kappa shape index (κ1) is 27.7. The number of nitrogens with one attached hydrogen (secondary N) is 1. The number of sulfonamides is 1. The third-order valence-corrected chi connectivity index (χ3v) is 8.83. The number of nitrogens with zero attached hydrogens (tertiary/aromatic N) is 2. The van der Waals surface area contributed by atoms with E-state index in [2.05, 4.69) is 5.32 Å². The highest BCUT2D eigenvalue weighted by Crippen LogP contribution is 2.42. The Balaban J connectivity index is 1.80. The van der Waals surface area contributed by atoms with Crippen molar-refractivity contribution in [2.24, 2.45) is 0 Å². The number of carbonyl (C=O) groups excluding carboxylic acids is 1. The van der Waals surface area contributed by atoms with E-state index in [0.29, 0.717) is 6.07 Å². The largest absolute Gasteiger partial charge is 0.417 e. The van der Waals surface area contributed by atoms with Gasteiger partial charge in [-0.25, -0.2) is 21.6 Å². The lowest BCUT2D eigenvalue weighted by molar-refractivity contribution is -0.138. The number of rotatable bonds is 7. The van der Waals surface area contributed by atoms with Gasteiger partial charge in [-0.2, -0.15) is 17.5 Å². The molecule has 2 aliphatic rings. The molecule has 13 heteroatoms. The van der Waals surface area contributed by atoms with E-state index >= 15 is 0 Å². The average Bonchev–Trinajstić information content (AvgIpc) is 2.82. The molecule has 1 aliphatic carbocycles. The number of hydrogen-bond acceptors (Lipinski definition) is 4. The van der Waals surface area contributed by atoms with Gasteiger partial charge in [-0.05, 0) is 37.5 Å². The topological polar surface area (TPSA) is 69.7 Å². The van der Waals surface area contributed by atoms with Gasteiger partial charge in [-0.3, -0.25) is 9.69 Å². The molecule has 0 atom stereocenters. The summed E-state index contributed by atoms with van der Waals surface area (Å²) in [6.07, 6.45) is -5.80. The normalized spacial score (nSPS) is 21.6. The Morgan fingerprint density at radius 2 is 1.66 bits per heavy atom. The smallest absolute Gasteiger partial charge is 0.350 e. The molecule has 1 amide bonds. The van der Waals surface area contributed by atoms with E-state index in [1.807, 2.05) is 4.90 Å². The summed E-state index contributed by atoms with van der Waals surface area (Å²) in [5.41, 5.74) is -3.12. The highest BCUT2D eigenvalue weighted by Gasteiger charge is 2.48. The molecule has 1 aromatic rings. The minimum atomic E-state index is -4.89. The molecule has 0 bridgehead atoms. The third kappa shape index (κ3) is 6.29. The van der Waals surface area contributed by atoms with Gasteiger partial charge in [0.25, 0.3) is 5.91 Å². The molecule has 0 spiro atoms. The van der Waals surface area contributed by atoms with E-state index in [1.165, 1.54) is 11.2 Å². The first-order valence-electron chi connectivity index (χ1n) is 11.4. The van der Waals surface area contributed by atoms with E-state index in [1.54, 1.807) is 0 Å². The number of carbonyl (C=O) groups is 1. The van der Waals surface area contributed by atoms with Crippen LogP contribution in [-0.4, -0.2) is 73.5 Å². The number of hydrogen-bond donors (Lipinski definition) is 1. The molecular weight excluding hydrogens is 500 g/mol. The summed E-state index contributed by atoms with van der Waals surface area (Å²) in [7, 11) is -3.42. The molecule has 1 N–H and O–H groups in total. The van der Waals surface area contributed by atoms with Crippen LogP contribution >= 0.6 is 0 Å². The van der Waals surface area contributed by atoms with Crippen molar-refractivity contribution in [2.45, 2.75) is 56.9 Å². The van der Waals surface area contributed by atoms with Gasteiger partial charge in [-0.1, -0.05) is 6.07 Å². The fourth-order valence-electron chi connectivity index (χ4n) is 4.76. The molecule has 1 aromatic carbocycles. The number of alkyl halides is 6. The van der Waals surface area contributed by atoms with Crippen LogP contribution in [0.4, 0.5) is 26.3 Å². The predicted octanol–water partition coefficient (Wildman–Crippen LogP) is 3.82. The van der Waals surface area contributed by atoms with Gasteiger partial charge in [0, 0.05) is 51.1 Å². The maximum Gasteiger partial charge on any atom is 0.417 e. The fourth-order valence-corrected chi connectivity index (χ4v) is 5.84. The van der Waals surface area contributed by atoms with Gasteiger partial charge >= 0.3 is 6.18 Å². The summed E-state index contributed by atoms with van der Waals surface area (Å²) in [5, 5.41) is 2.49. The number of halogens is 6. The van der Waals surface area contributed by atoms with Crippen molar-refractivity contribution in [1.82, 2.24) is 14.5 Å². The van der Waals surface area contributed by atoms with Crippen LogP contribution in [0.2, 0.25) is 0 Å². The highest BCUT2D eigenvalue weighted by atomic mass is 32.2. The molecular formula is C22H29F6N3O3S. The molecule has 0 radical (unpaired) electrons. The second kappa shape index (κ2) is 10.3. The highest BCUT2D eigenvalue weighted by molar-refractivity contribution is 7.89. The van der Waals surface area contributed by atoms with Crippen LogP contribution in [0.25, 0.3) is 0 Å². The van der Waals surface area contributed by atoms with Crippen molar-refractivity contribution < 1.29 is 39.6 Å². The Kier molecular flexibility index (Phi) is 8.12. The molecule has 1 aliphatic heterocycles. The van der Waals surface area contributed by atoms with Crippen LogP contribution in [0.1, 0.15) is 54.1 Å². The summed E-state index contributed by atoms with van der Waals surface area (Å²) in [6.45, 7) is 1.04. The van der Waals surface area contributed by atoms with Gasteiger partial charge in [-0.15, -0.1) is 0 Å². The Morgan fingerprint density at radius 1 is 1.06 bits per heavy atom. The Morgan fingerprint density at radius 3 is 2.17 bits per heavy atom. The number of piperazine rings is 1. The van der Waals surface area contributed by atoms with E-state index in [0.717, 1.165) is 12.1 Å². The molecule has 3 rings (SSSR count). The lowest BCUT2D eigenvalue weighted by Gasteiger charge is -2.50. The Bertz CT molecular complexity index is 1010. The first-order chi connectivity index (χ1) is 16.2. The molecule has 1 saturated heterocycles. The van der Waals surface area contributed by atoms with Crippen molar-refractivity contribution in [3.63, 3.8) is 0 Å². The zero-order chi connectivity index (χ0) is 26.1. The lowest BCUT2D eigenvalue weighted by Crippen LogP contribution is -2.63. The van der Waals surface area contributed by atoms with Gasteiger partial charge < -0.3 is 5.32 Å². The minimum Gasteiger partial charge on any atom is -0.350 e. The van der Waals surface area contributed by atoms with Gasteiger partial charge in [0.2, 0.25) is 15.9 Å². The Labute approximate surface area is 200 Å². The molecule has 6 nitrogen and oxygen atoms in total. The third-order valence-electron chi connectivity index (χ3n) is 6.95. The molecule has 0 unspecified atom stereocenters. The molecule has 2 fully saturated rings. The minimum absolute atomic E-state index is 0.00623. The van der Waals surface area contributed by atoms with Crippen molar-refractivity contribution in [1.29, 1.82) is 0 Å². The quantitative estimate of drug-likeness (QED) is 0.546. The SMILES string of the molecule is CCS(=O)(=O)N1CCN(C2(CNC(=O)c3ccc(CF)cc3C(F)(F)F)CCC(F)(F)CC2)CC1. The maximum absolute atomic E-state index is 13.9. The number of benzene rings is 1. The zero-order valence-electron chi connectivity index (χ0n) is 19.3. The van der Waals surface area contributed by atoms with Crippen LogP contribution in [0.5, 0.6) is 0 Å². The monoisotopic (exact) mass is 529 g/mol. The zero-order valence-corrected chi connectivity index (χ0v) is 20.1. The summed E-state index contributed by atoms with van der Waals surface area (Å²) < 4.78 is 107. The summed E-state index contributed by atoms with van der Waals surface area (Å²) in [6, 6.07) is 2.58. The molecule has 0 aromatic heterocycles. The maximum atomic E-state index is 13.9. The lowest BCUT2D eigenvalue weighted by atomic mass is 9.78. The van der Waals surface area contributed by atoms with E-state index in [-0.39, 0.29) is 56.9 Å². The first-order valence-corrected chi connectivity index (χ1v) is 13.0. The van der Waals surface area contributed by atoms with Crippen LogP contribution in [-0.2, 0) is 22.9 Å². The van der Waals surface area contributed by atoms with E-state index < -0.39 is 64.2 Å². The van der Waals surface area contributed by atoms with Crippen LogP contribution in [0.3, 0.4) is 0 Å². The summed E-state index contributed by atoms with van der Waals surface area (Å²) >= 11 is 0. The predicted molar refractivity (Wildman–Crippen MR) is 117 cm³/mol. The van der Waals surface area contributed by atoms with Crippen molar-refractivity contribution in [3.8, 4) is 0 Å². The molecule has 198 valence electrons. The molecule has 1 saturated carbocycles. The number of amides is 1. The van der Waals surface area contributed by atoms with Gasteiger partial charge in [0.15, 0.2) is 0 Å². The van der Waals surface area contributed by atoms with Crippen molar-refractivity contribution >= 4 is 15.9 Å². The van der Waals surface area contributed by atoms with Gasteiger partial charge in [0.05, 0.1) is 16.9 Å². The second-order valence-corrected chi connectivity index (χ2v) is 11.3. The van der Waals surface area contributed by atoms with Gasteiger partial charge in [0.1, 0.15) is 6.67 Å². The van der Waals surface area contributed by atoms with Crippen LogP contribution in [0.15, 0.2) is 18.2 Å². The average molecular weight is 530 g/mol. The summed E-state index contributed by atoms with van der Waals surface area (Å²) in [5.74, 6) is -3.98. The summed E-state index contributed by atoms with van der Waals surface area (Å²) in [4.78, 5) is 14.6. The van der Waals surface area contributed by atoms with Crippen LogP contribution in [0, 0.1) is 0 Å². The van der Waals surface area contributed by atoms with E-state index in [9.17, 15) is 39.6 Å². The van der Waals surface area contributed by atoms with Crippen LogP contribution < -0.4 is 5.32 Å². The molecule has 35 heavy (non-hydrogen) atoms.